The number of aliphatic hydroxyl groups is 3. The Hall–Kier alpha value is -1.09. The van der Waals surface area contributed by atoms with Gasteiger partial charge < -0.3 is 30.1 Å². The van der Waals surface area contributed by atoms with E-state index in [1.807, 2.05) is 0 Å². The summed E-state index contributed by atoms with van der Waals surface area (Å²) in [7, 11) is 0. The van der Waals surface area contributed by atoms with E-state index in [9.17, 15) is 20.1 Å². The predicted octanol–water partition coefficient (Wildman–Crippen LogP) is 0.316. The summed E-state index contributed by atoms with van der Waals surface area (Å²) in [6.45, 7) is 0.725. The third-order valence-electron chi connectivity index (χ3n) is 3.39. The van der Waals surface area contributed by atoms with E-state index < -0.39 is 43.2 Å². The van der Waals surface area contributed by atoms with Crippen molar-refractivity contribution in [2.75, 3.05) is 6.61 Å². The van der Waals surface area contributed by atoms with E-state index >= 15 is 0 Å². The summed E-state index contributed by atoms with van der Waals surface area (Å²) < 4.78 is 11.0. The van der Waals surface area contributed by atoms with Gasteiger partial charge >= 0.3 is 0 Å². The Morgan fingerprint density at radius 3 is 2.61 bits per heavy atom. The lowest BCUT2D eigenvalue weighted by Gasteiger charge is -2.42. The number of rotatable bonds is 4. The number of hydrogen-bond acceptors (Lipinski definition) is 6. The zero-order chi connectivity index (χ0) is 17.1. The topological polar surface area (TPSA) is 108 Å². The van der Waals surface area contributed by atoms with Gasteiger partial charge in [-0.15, -0.1) is 0 Å². The molecule has 128 valence electrons. The molecule has 4 N–H and O–H groups in total. The van der Waals surface area contributed by atoms with Crippen LogP contribution in [0.4, 0.5) is 0 Å². The molecule has 1 aliphatic heterocycles. The van der Waals surface area contributed by atoms with Gasteiger partial charge in [0, 0.05) is 11.9 Å². The molecule has 1 fully saturated rings. The Morgan fingerprint density at radius 2 is 2.04 bits per heavy atom. The largest absolute Gasteiger partial charge is 0.461 e. The number of nitrogens with one attached hydrogen (secondary N) is 1. The van der Waals surface area contributed by atoms with Gasteiger partial charge in [-0.3, -0.25) is 4.79 Å². The van der Waals surface area contributed by atoms with E-state index in [0.29, 0.717) is 5.02 Å². The predicted molar refractivity (Wildman–Crippen MR) is 82.5 cm³/mol. The first-order chi connectivity index (χ1) is 10.8. The maximum absolute atomic E-state index is 11.3. The molecule has 9 heteroatoms. The number of benzene rings is 1. The average Bonchev–Trinajstić information content (AvgIpc) is 2.48. The first-order valence-corrected chi connectivity index (χ1v) is 7.60. The van der Waals surface area contributed by atoms with Crippen LogP contribution in [0.25, 0.3) is 0 Å². The Labute approximate surface area is 142 Å². The van der Waals surface area contributed by atoms with Gasteiger partial charge in [0.2, 0.25) is 12.2 Å². The fourth-order valence-electron chi connectivity index (χ4n) is 2.27. The van der Waals surface area contributed by atoms with Crippen LogP contribution in [-0.2, 0) is 9.53 Å². The summed E-state index contributed by atoms with van der Waals surface area (Å²) in [5.74, 6) is -0.222. The molecule has 0 radical (unpaired) electrons. The van der Waals surface area contributed by atoms with E-state index in [2.05, 4.69) is 5.32 Å². The van der Waals surface area contributed by atoms with Crippen LogP contribution in [0.2, 0.25) is 10.0 Å². The minimum atomic E-state index is -1.39. The minimum Gasteiger partial charge on any atom is -0.461 e. The van der Waals surface area contributed by atoms with Crippen molar-refractivity contribution in [2.45, 2.75) is 37.6 Å². The summed E-state index contributed by atoms with van der Waals surface area (Å²) in [6.07, 6.45) is -4.99. The maximum atomic E-state index is 11.3. The highest BCUT2D eigenvalue weighted by Crippen LogP contribution is 2.31. The molecule has 7 nitrogen and oxygen atoms in total. The number of carbonyl (C=O) groups is 1. The fraction of sp³-hybridized carbons (Fsp3) is 0.500. The number of aliphatic hydroxyl groups excluding tert-OH is 3. The van der Waals surface area contributed by atoms with E-state index in [1.165, 1.54) is 19.1 Å². The summed E-state index contributed by atoms with van der Waals surface area (Å²) in [5, 5.41) is 32.4. The molecule has 0 saturated carbocycles. The van der Waals surface area contributed by atoms with Gasteiger partial charge in [0.15, 0.2) is 0 Å². The zero-order valence-corrected chi connectivity index (χ0v) is 13.7. The summed E-state index contributed by atoms with van der Waals surface area (Å²) in [6, 6.07) is 3.47. The lowest BCUT2D eigenvalue weighted by atomic mass is 9.97. The SMILES string of the molecule is CC(=O)N[C@@H]1[C@H](Oc2ccc(Cl)cc2Cl)O[C@H](CO)[C@H](O)[C@@H]1O. The lowest BCUT2D eigenvalue weighted by molar-refractivity contribution is -0.244. The van der Waals surface area contributed by atoms with Crippen molar-refractivity contribution in [3.8, 4) is 5.75 Å². The van der Waals surface area contributed by atoms with Gasteiger partial charge in [0.1, 0.15) is 30.1 Å². The normalized spacial score (nSPS) is 30.8. The number of amides is 1. The third kappa shape index (κ3) is 4.26. The Bertz CT molecular complexity index is 572. The summed E-state index contributed by atoms with van der Waals surface area (Å²) in [4.78, 5) is 11.3. The molecule has 1 saturated heterocycles. The molecule has 0 spiro atoms. The van der Waals surface area contributed by atoms with Crippen molar-refractivity contribution in [3.63, 3.8) is 0 Å². The molecular weight excluding hydrogens is 349 g/mol. The number of halogens is 2. The molecule has 1 aromatic rings. The Morgan fingerprint density at radius 1 is 1.35 bits per heavy atom. The summed E-state index contributed by atoms with van der Waals surface area (Å²) in [5.41, 5.74) is 0. The fourth-order valence-corrected chi connectivity index (χ4v) is 2.72. The van der Waals surface area contributed by atoms with Gasteiger partial charge in [-0.05, 0) is 18.2 Å². The van der Waals surface area contributed by atoms with Crippen molar-refractivity contribution in [1.29, 1.82) is 0 Å². The molecule has 0 aliphatic carbocycles. The molecule has 1 amide bonds. The van der Waals surface area contributed by atoms with Gasteiger partial charge in [0.05, 0.1) is 11.6 Å². The molecular formula is C14H17Cl2NO6. The smallest absolute Gasteiger partial charge is 0.223 e. The van der Waals surface area contributed by atoms with E-state index in [-0.39, 0.29) is 10.8 Å². The first-order valence-electron chi connectivity index (χ1n) is 6.84. The van der Waals surface area contributed by atoms with E-state index in [4.69, 9.17) is 32.7 Å². The van der Waals surface area contributed by atoms with E-state index in [0.717, 1.165) is 0 Å². The lowest BCUT2D eigenvalue weighted by Crippen LogP contribution is -2.65. The van der Waals surface area contributed by atoms with Crippen LogP contribution in [0, 0.1) is 0 Å². The molecule has 23 heavy (non-hydrogen) atoms. The van der Waals surface area contributed by atoms with Crippen LogP contribution in [0.3, 0.4) is 0 Å². The molecule has 0 aromatic heterocycles. The van der Waals surface area contributed by atoms with Gasteiger partial charge in [-0.1, -0.05) is 23.2 Å². The molecule has 2 rings (SSSR count). The minimum absolute atomic E-state index is 0.212. The second kappa shape index (κ2) is 7.65. The monoisotopic (exact) mass is 365 g/mol. The molecule has 5 atom stereocenters. The van der Waals surface area contributed by atoms with Crippen molar-refractivity contribution >= 4 is 29.1 Å². The van der Waals surface area contributed by atoms with Crippen LogP contribution in [0.5, 0.6) is 5.75 Å². The zero-order valence-electron chi connectivity index (χ0n) is 12.1. The van der Waals surface area contributed by atoms with Crippen LogP contribution in [-0.4, -0.2) is 58.5 Å². The average molecular weight is 366 g/mol. The second-order valence-corrected chi connectivity index (χ2v) is 5.97. The molecule has 1 aromatic carbocycles. The van der Waals surface area contributed by atoms with Crippen LogP contribution in [0.1, 0.15) is 6.92 Å². The maximum Gasteiger partial charge on any atom is 0.223 e. The first kappa shape index (κ1) is 18.3. The Balaban J connectivity index is 2.25. The number of carbonyl (C=O) groups excluding carboxylic acids is 1. The quantitative estimate of drug-likeness (QED) is 0.611. The standard InChI is InChI=1S/C14H17Cl2NO6/c1-6(19)17-11-13(21)12(20)10(5-18)23-14(11)22-9-3-2-7(15)4-8(9)16/h2-4,10-14,18,20-21H,5H2,1H3,(H,17,19)/t10-,11+,12+,13-,14-/m1/s1. The highest BCUT2D eigenvalue weighted by atomic mass is 35.5. The van der Waals surface area contributed by atoms with Crippen LogP contribution in [0.15, 0.2) is 18.2 Å². The Kier molecular flexibility index (Phi) is 6.07. The molecule has 1 aliphatic rings. The molecule has 0 bridgehead atoms. The number of hydrogen-bond donors (Lipinski definition) is 4. The van der Waals surface area contributed by atoms with E-state index in [1.54, 1.807) is 6.07 Å². The van der Waals surface area contributed by atoms with Gasteiger partial charge in [-0.2, -0.15) is 0 Å². The van der Waals surface area contributed by atoms with Crippen molar-refractivity contribution in [3.05, 3.63) is 28.2 Å². The highest BCUT2D eigenvalue weighted by Gasteiger charge is 2.46. The van der Waals surface area contributed by atoms with Gasteiger partial charge in [-0.25, -0.2) is 0 Å². The third-order valence-corrected chi connectivity index (χ3v) is 3.92. The van der Waals surface area contributed by atoms with Gasteiger partial charge in [0.25, 0.3) is 0 Å². The number of ether oxygens (including phenoxy) is 2. The highest BCUT2D eigenvalue weighted by molar-refractivity contribution is 6.35. The summed E-state index contributed by atoms with van der Waals surface area (Å²) >= 11 is 11.8. The second-order valence-electron chi connectivity index (χ2n) is 5.13. The van der Waals surface area contributed by atoms with Crippen LogP contribution < -0.4 is 10.1 Å². The van der Waals surface area contributed by atoms with Crippen LogP contribution >= 0.6 is 23.2 Å². The molecule has 0 unspecified atom stereocenters. The van der Waals surface area contributed by atoms with Crippen molar-refractivity contribution in [2.24, 2.45) is 0 Å². The van der Waals surface area contributed by atoms with Crippen molar-refractivity contribution in [1.82, 2.24) is 5.32 Å². The van der Waals surface area contributed by atoms with Crippen molar-refractivity contribution < 1.29 is 29.6 Å². The molecule has 1 heterocycles.